The molecule has 2 amide bonds. The van der Waals surface area contributed by atoms with Gasteiger partial charge in [-0.25, -0.2) is 4.39 Å². The molecule has 3 rings (SSSR count). The quantitative estimate of drug-likeness (QED) is 0.661. The molecule has 1 aliphatic rings. The number of non-ortho nitro benzene ring substituents is 1. The zero-order valence-corrected chi connectivity index (χ0v) is 14.4. The topological polar surface area (TPSA) is 92.6 Å². The summed E-state index contributed by atoms with van der Waals surface area (Å²) in [5, 5.41) is 13.6. The minimum absolute atomic E-state index is 0.0613. The SMILES string of the molecule is O=C(NC1CCN(C(=O)c2ccc([N+](=O)[O-])cc2)CC1)c1ccc(F)cc1. The number of nitrogens with zero attached hydrogens (tertiary/aromatic N) is 2. The van der Waals surface area contributed by atoms with Crippen LogP contribution in [0, 0.1) is 15.9 Å². The molecule has 7 nitrogen and oxygen atoms in total. The fourth-order valence-electron chi connectivity index (χ4n) is 3.01. The molecule has 0 bridgehead atoms. The van der Waals surface area contributed by atoms with Gasteiger partial charge in [0.05, 0.1) is 4.92 Å². The highest BCUT2D eigenvalue weighted by Gasteiger charge is 2.25. The summed E-state index contributed by atoms with van der Waals surface area (Å²) in [6.07, 6.45) is 1.21. The van der Waals surface area contributed by atoms with Crippen LogP contribution >= 0.6 is 0 Å². The van der Waals surface area contributed by atoms with E-state index in [2.05, 4.69) is 5.32 Å². The van der Waals surface area contributed by atoms with Crippen LogP contribution in [0.5, 0.6) is 0 Å². The average molecular weight is 371 g/mol. The van der Waals surface area contributed by atoms with Crippen LogP contribution in [0.4, 0.5) is 10.1 Å². The van der Waals surface area contributed by atoms with Crippen LogP contribution in [0.2, 0.25) is 0 Å². The Bertz CT molecular complexity index is 844. The van der Waals surface area contributed by atoms with Crippen molar-refractivity contribution in [2.75, 3.05) is 13.1 Å². The number of carbonyl (C=O) groups excluding carboxylic acids is 2. The minimum atomic E-state index is -0.510. The summed E-state index contributed by atoms with van der Waals surface area (Å²) in [6, 6.07) is 10.8. The smallest absolute Gasteiger partial charge is 0.269 e. The van der Waals surface area contributed by atoms with Gasteiger partial charge in [0.25, 0.3) is 17.5 Å². The lowest BCUT2D eigenvalue weighted by Crippen LogP contribution is -2.46. The maximum absolute atomic E-state index is 12.9. The van der Waals surface area contributed by atoms with Crippen molar-refractivity contribution in [1.82, 2.24) is 10.2 Å². The highest BCUT2D eigenvalue weighted by Crippen LogP contribution is 2.17. The maximum Gasteiger partial charge on any atom is 0.269 e. The molecule has 8 heteroatoms. The number of nitro benzene ring substituents is 1. The minimum Gasteiger partial charge on any atom is -0.349 e. The van der Waals surface area contributed by atoms with Crippen LogP contribution < -0.4 is 5.32 Å². The van der Waals surface area contributed by atoms with E-state index in [1.54, 1.807) is 4.90 Å². The lowest BCUT2D eigenvalue weighted by Gasteiger charge is -2.32. The predicted molar refractivity (Wildman–Crippen MR) is 95.9 cm³/mol. The molecule has 0 spiro atoms. The first-order chi connectivity index (χ1) is 12.9. The summed E-state index contributed by atoms with van der Waals surface area (Å²) in [7, 11) is 0. The number of likely N-dealkylation sites (tertiary alicyclic amines) is 1. The van der Waals surface area contributed by atoms with Crippen molar-refractivity contribution >= 4 is 17.5 Å². The van der Waals surface area contributed by atoms with Crippen molar-refractivity contribution in [3.63, 3.8) is 0 Å². The first-order valence-electron chi connectivity index (χ1n) is 8.54. The molecule has 0 aromatic heterocycles. The Balaban J connectivity index is 1.53. The van der Waals surface area contributed by atoms with Crippen molar-refractivity contribution in [3.8, 4) is 0 Å². The number of piperidine rings is 1. The number of nitro groups is 1. The zero-order chi connectivity index (χ0) is 19.4. The second-order valence-electron chi connectivity index (χ2n) is 6.35. The van der Waals surface area contributed by atoms with E-state index in [0.717, 1.165) is 0 Å². The summed E-state index contributed by atoms with van der Waals surface area (Å²) in [5.41, 5.74) is 0.726. The summed E-state index contributed by atoms with van der Waals surface area (Å²) < 4.78 is 12.9. The molecule has 0 aliphatic carbocycles. The summed E-state index contributed by atoms with van der Waals surface area (Å²) in [4.78, 5) is 36.5. The van der Waals surface area contributed by atoms with Gasteiger partial charge in [0.1, 0.15) is 5.82 Å². The molecule has 140 valence electrons. The van der Waals surface area contributed by atoms with Crippen molar-refractivity contribution in [2.24, 2.45) is 0 Å². The van der Waals surface area contributed by atoms with Gasteiger partial charge in [-0.2, -0.15) is 0 Å². The van der Waals surface area contributed by atoms with Crippen LogP contribution in [0.25, 0.3) is 0 Å². The largest absolute Gasteiger partial charge is 0.349 e. The number of hydrogen-bond donors (Lipinski definition) is 1. The van der Waals surface area contributed by atoms with Crippen molar-refractivity contribution in [3.05, 3.63) is 75.6 Å². The van der Waals surface area contributed by atoms with Gasteiger partial charge < -0.3 is 10.2 Å². The third-order valence-electron chi connectivity index (χ3n) is 4.55. The molecule has 1 saturated heterocycles. The van der Waals surface area contributed by atoms with E-state index in [-0.39, 0.29) is 23.5 Å². The molecular formula is C19H18FN3O4. The molecule has 2 aromatic rings. The Morgan fingerprint density at radius 2 is 1.56 bits per heavy atom. The van der Waals surface area contributed by atoms with Crippen LogP contribution in [-0.4, -0.2) is 40.8 Å². The Labute approximate surface area is 154 Å². The molecule has 1 aliphatic heterocycles. The normalized spacial score (nSPS) is 14.6. The zero-order valence-electron chi connectivity index (χ0n) is 14.4. The van der Waals surface area contributed by atoms with Gasteiger partial charge in [0.2, 0.25) is 0 Å². The molecule has 0 atom stereocenters. The van der Waals surface area contributed by atoms with Crippen LogP contribution in [0.3, 0.4) is 0 Å². The number of benzene rings is 2. The standard InChI is InChI=1S/C19H18FN3O4/c20-15-5-1-13(2-6-15)18(24)21-16-9-11-22(12-10-16)19(25)14-3-7-17(8-4-14)23(26)27/h1-8,16H,9-12H2,(H,21,24). The third kappa shape index (κ3) is 4.46. The lowest BCUT2D eigenvalue weighted by atomic mass is 10.0. The predicted octanol–water partition coefficient (Wildman–Crippen LogP) is 2.77. The Morgan fingerprint density at radius 3 is 2.11 bits per heavy atom. The van der Waals surface area contributed by atoms with Gasteiger partial charge in [-0.1, -0.05) is 0 Å². The van der Waals surface area contributed by atoms with Crippen molar-refractivity contribution in [2.45, 2.75) is 18.9 Å². The molecule has 27 heavy (non-hydrogen) atoms. The van der Waals surface area contributed by atoms with Gasteiger partial charge in [0.15, 0.2) is 0 Å². The van der Waals surface area contributed by atoms with Crippen LogP contribution in [0.15, 0.2) is 48.5 Å². The molecule has 2 aromatic carbocycles. The van der Waals surface area contributed by atoms with E-state index in [9.17, 15) is 24.1 Å². The molecule has 1 heterocycles. The maximum atomic E-state index is 12.9. The molecule has 0 radical (unpaired) electrons. The highest BCUT2D eigenvalue weighted by atomic mass is 19.1. The van der Waals surface area contributed by atoms with Crippen molar-refractivity contribution < 1.29 is 18.9 Å². The van der Waals surface area contributed by atoms with Gasteiger partial charge in [-0.3, -0.25) is 19.7 Å². The summed E-state index contributed by atoms with van der Waals surface area (Å²) >= 11 is 0. The number of hydrogen-bond acceptors (Lipinski definition) is 4. The summed E-state index contributed by atoms with van der Waals surface area (Å²) in [5.74, 6) is -0.854. The first-order valence-corrected chi connectivity index (χ1v) is 8.54. The second kappa shape index (κ2) is 7.94. The van der Waals surface area contributed by atoms with E-state index in [1.165, 1.54) is 48.5 Å². The number of nitrogens with one attached hydrogen (secondary N) is 1. The van der Waals surface area contributed by atoms with Gasteiger partial charge in [-0.15, -0.1) is 0 Å². The Hall–Kier alpha value is -3.29. The fraction of sp³-hybridized carbons (Fsp3) is 0.263. The van der Waals surface area contributed by atoms with Crippen molar-refractivity contribution in [1.29, 1.82) is 0 Å². The monoisotopic (exact) mass is 371 g/mol. The third-order valence-corrected chi connectivity index (χ3v) is 4.55. The Morgan fingerprint density at radius 1 is 1.00 bits per heavy atom. The van der Waals surface area contributed by atoms with E-state index in [1.807, 2.05) is 0 Å². The Kier molecular flexibility index (Phi) is 5.44. The number of carbonyl (C=O) groups is 2. The number of amides is 2. The second-order valence-corrected chi connectivity index (χ2v) is 6.35. The van der Waals surface area contributed by atoms with Crippen LogP contribution in [-0.2, 0) is 0 Å². The van der Waals surface area contributed by atoms with Crippen LogP contribution in [0.1, 0.15) is 33.6 Å². The molecule has 1 fully saturated rings. The van der Waals surface area contributed by atoms with E-state index in [0.29, 0.717) is 37.1 Å². The van der Waals surface area contributed by atoms with E-state index >= 15 is 0 Å². The lowest BCUT2D eigenvalue weighted by molar-refractivity contribution is -0.384. The molecule has 1 N–H and O–H groups in total. The van der Waals surface area contributed by atoms with Gasteiger partial charge in [-0.05, 0) is 49.2 Å². The van der Waals surface area contributed by atoms with Gasteiger partial charge in [0, 0.05) is 42.4 Å². The van der Waals surface area contributed by atoms with E-state index in [4.69, 9.17) is 0 Å². The van der Waals surface area contributed by atoms with Gasteiger partial charge >= 0.3 is 0 Å². The number of rotatable bonds is 4. The average Bonchev–Trinajstić information content (AvgIpc) is 2.68. The fourth-order valence-corrected chi connectivity index (χ4v) is 3.01. The number of halogens is 1. The van der Waals surface area contributed by atoms with E-state index < -0.39 is 10.7 Å². The molecule has 0 saturated carbocycles. The molecular weight excluding hydrogens is 353 g/mol. The summed E-state index contributed by atoms with van der Waals surface area (Å²) in [6.45, 7) is 0.953. The highest BCUT2D eigenvalue weighted by molar-refractivity contribution is 5.95. The molecule has 0 unspecified atom stereocenters. The first kappa shape index (κ1) is 18.5.